The second-order valence-electron chi connectivity index (χ2n) is 10.2. The second-order valence-corrected chi connectivity index (χ2v) is 11.4. The first-order valence-corrected chi connectivity index (χ1v) is 14.2. The van der Waals surface area contributed by atoms with Crippen LogP contribution in [-0.4, -0.2) is 46.0 Å². The fourth-order valence-corrected chi connectivity index (χ4v) is 6.05. The van der Waals surface area contributed by atoms with Crippen LogP contribution in [-0.2, 0) is 4.79 Å². The molecule has 206 valence electrons. The van der Waals surface area contributed by atoms with E-state index in [1.165, 1.54) is 6.08 Å². The standard InChI is InChI=1S/C31H29Cl3N4O2/c1-5-28(39)36-13-14-37(19(4)17-36)30-23-15-25(33)22(21-10-8-11-24(32)29(21)34)16-27(23)38(31(40)35-30)26-12-7-6-9-20(26)18(2)3/h5-12,15-16,18-19H,1,13-14,17H2,2-4H3/t19-/m0/s1. The third-order valence-electron chi connectivity index (χ3n) is 7.39. The molecule has 1 fully saturated rings. The lowest BCUT2D eigenvalue weighted by Crippen LogP contribution is -2.54. The van der Waals surface area contributed by atoms with Gasteiger partial charge in [0.1, 0.15) is 5.82 Å². The molecule has 1 amide bonds. The number of halogens is 3. The van der Waals surface area contributed by atoms with Crippen LogP contribution < -0.4 is 10.6 Å². The first-order valence-electron chi connectivity index (χ1n) is 13.1. The fraction of sp³-hybridized carbons (Fsp3) is 0.258. The van der Waals surface area contributed by atoms with Crippen molar-refractivity contribution in [2.24, 2.45) is 0 Å². The van der Waals surface area contributed by atoms with E-state index < -0.39 is 5.69 Å². The number of piperazine rings is 1. The first-order chi connectivity index (χ1) is 19.1. The molecule has 1 aliphatic rings. The van der Waals surface area contributed by atoms with Gasteiger partial charge in [0, 0.05) is 47.2 Å². The highest BCUT2D eigenvalue weighted by Crippen LogP contribution is 2.41. The number of aromatic nitrogens is 2. The van der Waals surface area contributed by atoms with Crippen LogP contribution in [0.15, 0.2) is 72.0 Å². The summed E-state index contributed by atoms with van der Waals surface area (Å²) in [5, 5.41) is 1.97. The van der Waals surface area contributed by atoms with Gasteiger partial charge in [-0.1, -0.05) is 85.6 Å². The average Bonchev–Trinajstić information content (AvgIpc) is 2.94. The van der Waals surface area contributed by atoms with Crippen LogP contribution in [0, 0.1) is 0 Å². The third-order valence-corrected chi connectivity index (χ3v) is 8.52. The van der Waals surface area contributed by atoms with Crippen LogP contribution in [0.4, 0.5) is 5.82 Å². The van der Waals surface area contributed by atoms with Crippen LogP contribution in [0.25, 0.3) is 27.7 Å². The largest absolute Gasteiger partial charge is 0.354 e. The molecule has 1 aromatic heterocycles. The SMILES string of the molecule is C=CC(=O)N1CCN(c2nc(=O)n(-c3ccccc3C(C)C)c3cc(-c4cccc(Cl)c4Cl)c(Cl)cc23)[C@@H](C)C1. The van der Waals surface area contributed by atoms with Gasteiger partial charge < -0.3 is 9.80 Å². The molecule has 1 aliphatic heterocycles. The van der Waals surface area contributed by atoms with Gasteiger partial charge in [-0.15, -0.1) is 0 Å². The van der Waals surface area contributed by atoms with Crippen molar-refractivity contribution in [3.63, 3.8) is 0 Å². The molecule has 0 saturated carbocycles. The number of rotatable bonds is 5. The normalized spacial score (nSPS) is 15.6. The summed E-state index contributed by atoms with van der Waals surface area (Å²) in [4.78, 5) is 34.6. The highest BCUT2D eigenvalue weighted by atomic mass is 35.5. The van der Waals surface area contributed by atoms with Crippen LogP contribution in [0.2, 0.25) is 15.1 Å². The smallest absolute Gasteiger partial charge is 0.350 e. The quantitative estimate of drug-likeness (QED) is 0.226. The van der Waals surface area contributed by atoms with Crippen molar-refractivity contribution < 1.29 is 4.79 Å². The molecular weight excluding hydrogens is 567 g/mol. The van der Waals surface area contributed by atoms with E-state index in [0.29, 0.717) is 57.2 Å². The molecule has 0 aliphatic carbocycles. The monoisotopic (exact) mass is 594 g/mol. The van der Waals surface area contributed by atoms with E-state index in [1.54, 1.807) is 15.5 Å². The number of fused-ring (bicyclic) bond motifs is 1. The zero-order valence-corrected chi connectivity index (χ0v) is 24.8. The number of para-hydroxylation sites is 1. The number of carbonyl (C=O) groups excluding carboxylic acids is 1. The summed E-state index contributed by atoms with van der Waals surface area (Å²) in [5.41, 5.74) is 3.34. The van der Waals surface area contributed by atoms with Crippen molar-refractivity contribution >= 4 is 57.4 Å². The lowest BCUT2D eigenvalue weighted by molar-refractivity contribution is -0.126. The summed E-state index contributed by atoms with van der Waals surface area (Å²) in [6.07, 6.45) is 1.33. The Morgan fingerprint density at radius 2 is 1.77 bits per heavy atom. The van der Waals surface area contributed by atoms with E-state index >= 15 is 0 Å². The van der Waals surface area contributed by atoms with Gasteiger partial charge in [-0.3, -0.25) is 9.36 Å². The van der Waals surface area contributed by atoms with E-state index in [0.717, 1.165) is 16.6 Å². The number of nitrogens with zero attached hydrogens (tertiary/aromatic N) is 4. The van der Waals surface area contributed by atoms with Crippen molar-refractivity contribution in [1.82, 2.24) is 14.5 Å². The molecule has 0 bridgehead atoms. The van der Waals surface area contributed by atoms with Crippen LogP contribution in [0.3, 0.4) is 0 Å². The van der Waals surface area contributed by atoms with Gasteiger partial charge in [0.15, 0.2) is 0 Å². The summed E-state index contributed by atoms with van der Waals surface area (Å²) in [7, 11) is 0. The Morgan fingerprint density at radius 1 is 1.02 bits per heavy atom. The van der Waals surface area contributed by atoms with Crippen molar-refractivity contribution in [3.8, 4) is 16.8 Å². The maximum absolute atomic E-state index is 13.9. The Balaban J connectivity index is 1.80. The third kappa shape index (κ3) is 5.00. The fourth-order valence-electron chi connectivity index (χ4n) is 5.38. The molecule has 9 heteroatoms. The van der Waals surface area contributed by atoms with E-state index in [2.05, 4.69) is 30.3 Å². The minimum absolute atomic E-state index is 0.0904. The summed E-state index contributed by atoms with van der Waals surface area (Å²) >= 11 is 19.9. The van der Waals surface area contributed by atoms with E-state index in [9.17, 15) is 9.59 Å². The Labute approximate surface area is 248 Å². The molecule has 1 atom stereocenters. The molecule has 0 radical (unpaired) electrons. The molecule has 1 saturated heterocycles. The Hall–Kier alpha value is -3.32. The molecule has 40 heavy (non-hydrogen) atoms. The molecule has 5 rings (SSSR count). The highest BCUT2D eigenvalue weighted by molar-refractivity contribution is 6.44. The average molecular weight is 596 g/mol. The molecule has 6 nitrogen and oxygen atoms in total. The maximum atomic E-state index is 13.9. The van der Waals surface area contributed by atoms with Crippen molar-refractivity contribution in [2.45, 2.75) is 32.7 Å². The predicted octanol–water partition coefficient (Wildman–Crippen LogP) is 7.36. The summed E-state index contributed by atoms with van der Waals surface area (Å²) in [6.45, 7) is 11.3. The second kappa shape index (κ2) is 11.3. The molecular formula is C31H29Cl3N4O2. The van der Waals surface area contributed by atoms with Gasteiger partial charge in [-0.2, -0.15) is 4.98 Å². The number of hydrogen-bond acceptors (Lipinski definition) is 4. The summed E-state index contributed by atoms with van der Waals surface area (Å²) in [6, 6.07) is 16.9. The minimum Gasteiger partial charge on any atom is -0.350 e. The van der Waals surface area contributed by atoms with Gasteiger partial charge in [0.25, 0.3) is 0 Å². The first kappa shape index (κ1) is 28.2. The van der Waals surface area contributed by atoms with Gasteiger partial charge in [-0.05, 0) is 48.7 Å². The molecule has 4 aromatic rings. The zero-order chi connectivity index (χ0) is 28.7. The van der Waals surface area contributed by atoms with Crippen LogP contribution in [0.5, 0.6) is 0 Å². The van der Waals surface area contributed by atoms with E-state index in [4.69, 9.17) is 34.8 Å². The minimum atomic E-state index is -0.405. The Morgan fingerprint density at radius 3 is 2.48 bits per heavy atom. The van der Waals surface area contributed by atoms with Crippen LogP contribution in [0.1, 0.15) is 32.3 Å². The van der Waals surface area contributed by atoms with Gasteiger partial charge in [-0.25, -0.2) is 4.79 Å². The Kier molecular flexibility index (Phi) is 7.96. The van der Waals surface area contributed by atoms with Crippen molar-refractivity contribution in [1.29, 1.82) is 0 Å². The van der Waals surface area contributed by atoms with Crippen molar-refractivity contribution in [3.05, 3.63) is 98.4 Å². The van der Waals surface area contributed by atoms with Crippen LogP contribution >= 0.6 is 34.8 Å². The molecule has 0 spiro atoms. The van der Waals surface area contributed by atoms with Gasteiger partial charge in [0.2, 0.25) is 5.91 Å². The topological polar surface area (TPSA) is 58.4 Å². The Bertz CT molecular complexity index is 1700. The molecule has 2 heterocycles. The molecule has 0 N–H and O–H groups in total. The van der Waals surface area contributed by atoms with E-state index in [-0.39, 0.29) is 17.9 Å². The molecule has 0 unspecified atom stereocenters. The van der Waals surface area contributed by atoms with Gasteiger partial charge >= 0.3 is 5.69 Å². The summed E-state index contributed by atoms with van der Waals surface area (Å²) < 4.78 is 1.65. The van der Waals surface area contributed by atoms with E-state index in [1.807, 2.05) is 55.5 Å². The van der Waals surface area contributed by atoms with Gasteiger partial charge in [0.05, 0.1) is 21.2 Å². The molecule has 3 aromatic carbocycles. The van der Waals surface area contributed by atoms with Crippen molar-refractivity contribution in [2.75, 3.05) is 24.5 Å². The number of amides is 1. The zero-order valence-electron chi connectivity index (χ0n) is 22.5. The summed E-state index contributed by atoms with van der Waals surface area (Å²) in [5.74, 6) is 0.584. The maximum Gasteiger partial charge on any atom is 0.354 e. The number of carbonyl (C=O) groups is 1. The predicted molar refractivity (Wildman–Crippen MR) is 165 cm³/mol. The number of anilines is 1. The lowest BCUT2D eigenvalue weighted by atomic mass is 9.99. The lowest BCUT2D eigenvalue weighted by Gasteiger charge is -2.40. The highest BCUT2D eigenvalue weighted by Gasteiger charge is 2.29. The number of benzene rings is 3. The number of hydrogen-bond donors (Lipinski definition) is 0.